The summed E-state index contributed by atoms with van der Waals surface area (Å²) in [4.78, 5) is 0. The van der Waals surface area contributed by atoms with Gasteiger partial charge in [0.05, 0.1) is 6.61 Å². The Morgan fingerprint density at radius 2 is 1.90 bits per heavy atom. The molecule has 0 unspecified atom stereocenters. The van der Waals surface area contributed by atoms with Crippen molar-refractivity contribution in [2.24, 2.45) is 0 Å². The number of hydrogen-bond donors (Lipinski definition) is 1. The predicted molar refractivity (Wildman–Crippen MR) is 74.7 cm³/mol. The van der Waals surface area contributed by atoms with Crippen molar-refractivity contribution in [3.8, 4) is 28.7 Å². The number of nitrogens with two attached hydrogens (primary N) is 1. The van der Waals surface area contributed by atoms with Crippen LogP contribution in [0.5, 0.6) is 28.7 Å². The largest absolute Gasteiger partial charge is 0.492 e. The molecular formula is C15H15NO4. The molecule has 5 heteroatoms. The van der Waals surface area contributed by atoms with Gasteiger partial charge in [0.25, 0.3) is 0 Å². The average molecular weight is 273 g/mol. The van der Waals surface area contributed by atoms with Crippen molar-refractivity contribution >= 4 is 5.69 Å². The maximum Gasteiger partial charge on any atom is 0.231 e. The molecule has 1 aliphatic heterocycles. The molecule has 2 aromatic carbocycles. The summed E-state index contributed by atoms with van der Waals surface area (Å²) < 4.78 is 21.8. The molecule has 1 heterocycles. The van der Waals surface area contributed by atoms with E-state index in [2.05, 4.69) is 0 Å². The summed E-state index contributed by atoms with van der Waals surface area (Å²) in [5.74, 6) is 3.19. The molecule has 20 heavy (non-hydrogen) atoms. The summed E-state index contributed by atoms with van der Waals surface area (Å²) in [6, 6.07) is 10.8. The van der Waals surface area contributed by atoms with E-state index in [0.29, 0.717) is 41.0 Å². The van der Waals surface area contributed by atoms with Crippen molar-refractivity contribution in [2.75, 3.05) is 19.1 Å². The molecular weight excluding hydrogens is 258 g/mol. The minimum Gasteiger partial charge on any atom is -0.492 e. The van der Waals surface area contributed by atoms with Crippen LogP contribution in [0.4, 0.5) is 5.69 Å². The molecule has 0 aromatic heterocycles. The first-order valence-electron chi connectivity index (χ1n) is 6.36. The van der Waals surface area contributed by atoms with Gasteiger partial charge < -0.3 is 24.7 Å². The maximum atomic E-state index is 6.02. The third kappa shape index (κ3) is 2.30. The second-order valence-electron chi connectivity index (χ2n) is 4.22. The Labute approximate surface area is 116 Å². The molecule has 0 radical (unpaired) electrons. The smallest absolute Gasteiger partial charge is 0.231 e. The van der Waals surface area contributed by atoms with E-state index in [-0.39, 0.29) is 6.79 Å². The lowest BCUT2D eigenvalue weighted by molar-refractivity contribution is 0.174. The summed E-state index contributed by atoms with van der Waals surface area (Å²) in [7, 11) is 0. The van der Waals surface area contributed by atoms with E-state index in [1.165, 1.54) is 0 Å². The van der Waals surface area contributed by atoms with Crippen molar-refractivity contribution in [2.45, 2.75) is 6.92 Å². The van der Waals surface area contributed by atoms with Gasteiger partial charge in [0, 0.05) is 6.07 Å². The fourth-order valence-electron chi connectivity index (χ4n) is 1.96. The molecule has 3 rings (SSSR count). The molecule has 0 amide bonds. The molecule has 0 saturated heterocycles. The Morgan fingerprint density at radius 1 is 1.10 bits per heavy atom. The number of rotatable bonds is 4. The van der Waals surface area contributed by atoms with Crippen LogP contribution in [0.2, 0.25) is 0 Å². The second kappa shape index (κ2) is 5.21. The quantitative estimate of drug-likeness (QED) is 0.867. The van der Waals surface area contributed by atoms with Crippen LogP contribution in [-0.2, 0) is 0 Å². The number of hydrogen-bond acceptors (Lipinski definition) is 5. The van der Waals surface area contributed by atoms with Crippen LogP contribution in [0.3, 0.4) is 0 Å². The van der Waals surface area contributed by atoms with Crippen molar-refractivity contribution < 1.29 is 18.9 Å². The Morgan fingerprint density at radius 3 is 2.75 bits per heavy atom. The number of benzene rings is 2. The highest BCUT2D eigenvalue weighted by Gasteiger charge is 2.15. The lowest BCUT2D eigenvalue weighted by Crippen LogP contribution is -1.98. The Hall–Kier alpha value is -2.56. The van der Waals surface area contributed by atoms with Gasteiger partial charge >= 0.3 is 0 Å². The first-order valence-corrected chi connectivity index (χ1v) is 6.36. The van der Waals surface area contributed by atoms with Gasteiger partial charge in [0.1, 0.15) is 17.2 Å². The van der Waals surface area contributed by atoms with Gasteiger partial charge in [-0.2, -0.15) is 0 Å². The third-order valence-corrected chi connectivity index (χ3v) is 2.90. The van der Waals surface area contributed by atoms with Gasteiger partial charge in [-0.1, -0.05) is 6.07 Å². The molecule has 0 fully saturated rings. The molecule has 2 N–H and O–H groups in total. The van der Waals surface area contributed by atoms with Gasteiger partial charge in [-0.15, -0.1) is 0 Å². The zero-order valence-electron chi connectivity index (χ0n) is 11.1. The first kappa shape index (κ1) is 12.5. The molecule has 0 spiro atoms. The van der Waals surface area contributed by atoms with E-state index in [4.69, 9.17) is 24.7 Å². The van der Waals surface area contributed by atoms with Crippen molar-refractivity contribution in [3.63, 3.8) is 0 Å². The molecule has 2 aromatic rings. The van der Waals surface area contributed by atoms with Crippen LogP contribution in [0.1, 0.15) is 6.92 Å². The third-order valence-electron chi connectivity index (χ3n) is 2.90. The highest BCUT2D eigenvalue weighted by Crippen LogP contribution is 2.39. The lowest BCUT2D eigenvalue weighted by atomic mass is 10.2. The van der Waals surface area contributed by atoms with Gasteiger partial charge in [-0.25, -0.2) is 0 Å². The predicted octanol–water partition coefficient (Wildman–Crippen LogP) is 3.19. The van der Waals surface area contributed by atoms with Crippen molar-refractivity contribution in [1.29, 1.82) is 0 Å². The number of ether oxygens (including phenoxy) is 4. The van der Waals surface area contributed by atoms with Gasteiger partial charge in [0.2, 0.25) is 6.79 Å². The van der Waals surface area contributed by atoms with Crippen molar-refractivity contribution in [3.05, 3.63) is 36.4 Å². The normalized spacial score (nSPS) is 12.2. The fraction of sp³-hybridized carbons (Fsp3) is 0.200. The number of anilines is 1. The highest BCUT2D eigenvalue weighted by atomic mass is 16.7. The molecule has 0 atom stereocenters. The summed E-state index contributed by atoms with van der Waals surface area (Å²) in [5, 5.41) is 0. The first-order chi connectivity index (χ1) is 9.78. The Kier molecular flexibility index (Phi) is 3.25. The van der Waals surface area contributed by atoms with E-state index >= 15 is 0 Å². The Balaban J connectivity index is 1.86. The summed E-state index contributed by atoms with van der Waals surface area (Å²) >= 11 is 0. The maximum absolute atomic E-state index is 6.02. The standard InChI is InChI=1S/C15H15NO4/c1-2-17-12-4-3-5-13(15(12)16)20-10-6-7-11-14(8-10)19-9-18-11/h3-8H,2,9,16H2,1H3. The minimum atomic E-state index is 0.237. The second-order valence-corrected chi connectivity index (χ2v) is 4.22. The molecule has 0 saturated carbocycles. The number of para-hydroxylation sites is 1. The monoisotopic (exact) mass is 273 g/mol. The topological polar surface area (TPSA) is 62.9 Å². The summed E-state index contributed by atoms with van der Waals surface area (Å²) in [6.45, 7) is 2.70. The van der Waals surface area contributed by atoms with E-state index < -0.39 is 0 Å². The van der Waals surface area contributed by atoms with E-state index in [0.717, 1.165) is 0 Å². The lowest BCUT2D eigenvalue weighted by Gasteiger charge is -2.12. The zero-order chi connectivity index (χ0) is 13.9. The van der Waals surface area contributed by atoms with E-state index in [1.54, 1.807) is 24.3 Å². The molecule has 0 bridgehead atoms. The van der Waals surface area contributed by atoms with Gasteiger partial charge in [0.15, 0.2) is 17.2 Å². The van der Waals surface area contributed by atoms with Gasteiger partial charge in [-0.3, -0.25) is 0 Å². The molecule has 0 aliphatic carbocycles. The van der Waals surface area contributed by atoms with Crippen molar-refractivity contribution in [1.82, 2.24) is 0 Å². The molecule has 1 aliphatic rings. The molecule has 5 nitrogen and oxygen atoms in total. The number of fused-ring (bicyclic) bond motifs is 1. The van der Waals surface area contributed by atoms with Crippen LogP contribution < -0.4 is 24.7 Å². The summed E-state index contributed by atoms with van der Waals surface area (Å²) in [6.07, 6.45) is 0. The molecule has 104 valence electrons. The van der Waals surface area contributed by atoms with Gasteiger partial charge in [-0.05, 0) is 31.2 Å². The zero-order valence-corrected chi connectivity index (χ0v) is 11.1. The average Bonchev–Trinajstić information content (AvgIpc) is 2.91. The summed E-state index contributed by atoms with van der Waals surface area (Å²) in [5.41, 5.74) is 6.50. The number of nitrogen functional groups attached to an aromatic ring is 1. The van der Waals surface area contributed by atoms with E-state index in [1.807, 2.05) is 19.1 Å². The highest BCUT2D eigenvalue weighted by molar-refractivity contribution is 5.63. The van der Waals surface area contributed by atoms with Crippen LogP contribution >= 0.6 is 0 Å². The van der Waals surface area contributed by atoms with Crippen LogP contribution in [0.15, 0.2) is 36.4 Å². The van der Waals surface area contributed by atoms with Crippen LogP contribution in [0.25, 0.3) is 0 Å². The minimum absolute atomic E-state index is 0.237. The SMILES string of the molecule is CCOc1cccc(Oc2ccc3c(c2)OCO3)c1N. The fourth-order valence-corrected chi connectivity index (χ4v) is 1.96. The van der Waals surface area contributed by atoms with Crippen LogP contribution in [0, 0.1) is 0 Å². The Bertz CT molecular complexity index is 627. The van der Waals surface area contributed by atoms with Crippen LogP contribution in [-0.4, -0.2) is 13.4 Å². The van der Waals surface area contributed by atoms with E-state index in [9.17, 15) is 0 Å².